The van der Waals surface area contributed by atoms with Gasteiger partial charge in [-0.2, -0.15) is 0 Å². The van der Waals surface area contributed by atoms with Crippen LogP contribution in [0.4, 0.5) is 11.4 Å². The highest BCUT2D eigenvalue weighted by Gasteiger charge is 2.38. The van der Waals surface area contributed by atoms with E-state index in [1.165, 1.54) is 43.5 Å². The van der Waals surface area contributed by atoms with Gasteiger partial charge in [0.1, 0.15) is 6.17 Å². The average molecular weight is 306 g/mol. The molecule has 1 aliphatic carbocycles. The first-order valence-corrected chi connectivity index (χ1v) is 9.07. The summed E-state index contributed by atoms with van der Waals surface area (Å²) in [6.07, 6.45) is 7.47. The summed E-state index contributed by atoms with van der Waals surface area (Å²) in [5.74, 6) is 0.784. The number of rotatable bonds is 3. The monoisotopic (exact) mass is 306 g/mol. The van der Waals surface area contributed by atoms with E-state index >= 15 is 0 Å². The fourth-order valence-electron chi connectivity index (χ4n) is 4.39. The second-order valence-corrected chi connectivity index (χ2v) is 6.87. The summed E-state index contributed by atoms with van der Waals surface area (Å²) >= 11 is 0. The van der Waals surface area contributed by atoms with Crippen LogP contribution >= 0.6 is 0 Å². The first kappa shape index (κ1) is 14.6. The quantitative estimate of drug-likeness (QED) is 0.794. The minimum absolute atomic E-state index is 0.514. The molecular weight excluding hydrogens is 280 g/mol. The van der Waals surface area contributed by atoms with Crippen molar-refractivity contribution in [2.24, 2.45) is 5.92 Å². The zero-order chi connectivity index (χ0) is 15.5. The Morgan fingerprint density at radius 3 is 1.57 bits per heavy atom. The zero-order valence-corrected chi connectivity index (χ0v) is 13.8. The summed E-state index contributed by atoms with van der Waals surface area (Å²) in [5.41, 5.74) is 2.75. The molecule has 0 N–H and O–H groups in total. The summed E-state index contributed by atoms with van der Waals surface area (Å²) in [7, 11) is 0. The van der Waals surface area contributed by atoms with Crippen molar-refractivity contribution in [3.63, 3.8) is 0 Å². The highest BCUT2D eigenvalue weighted by atomic mass is 15.4. The van der Waals surface area contributed by atoms with Gasteiger partial charge in [-0.3, -0.25) is 0 Å². The van der Waals surface area contributed by atoms with Gasteiger partial charge in [0.15, 0.2) is 0 Å². The van der Waals surface area contributed by atoms with Gasteiger partial charge in [-0.25, -0.2) is 0 Å². The van der Waals surface area contributed by atoms with E-state index in [0.717, 1.165) is 19.0 Å². The number of hydrogen-bond donors (Lipinski definition) is 0. The molecular formula is C21H26N2. The van der Waals surface area contributed by atoms with E-state index in [0.29, 0.717) is 6.17 Å². The van der Waals surface area contributed by atoms with Gasteiger partial charge in [0.25, 0.3) is 0 Å². The Balaban J connectivity index is 1.67. The maximum absolute atomic E-state index is 2.64. The molecule has 0 bridgehead atoms. The second kappa shape index (κ2) is 6.66. The molecule has 0 amide bonds. The Labute approximate surface area is 139 Å². The van der Waals surface area contributed by atoms with Gasteiger partial charge in [0.05, 0.1) is 0 Å². The van der Waals surface area contributed by atoms with Crippen LogP contribution in [0.25, 0.3) is 0 Å². The maximum Gasteiger partial charge on any atom is 0.104 e. The van der Waals surface area contributed by atoms with Crippen LogP contribution in [0.5, 0.6) is 0 Å². The Morgan fingerprint density at radius 2 is 1.09 bits per heavy atom. The van der Waals surface area contributed by atoms with Gasteiger partial charge in [-0.15, -0.1) is 0 Å². The second-order valence-electron chi connectivity index (χ2n) is 6.87. The van der Waals surface area contributed by atoms with Crippen LogP contribution in [-0.2, 0) is 0 Å². The van der Waals surface area contributed by atoms with E-state index < -0.39 is 0 Å². The highest BCUT2D eigenvalue weighted by Crippen LogP contribution is 2.37. The molecule has 2 nitrogen and oxygen atoms in total. The molecule has 120 valence electrons. The van der Waals surface area contributed by atoms with Crippen molar-refractivity contribution < 1.29 is 0 Å². The predicted octanol–water partition coefficient (Wildman–Crippen LogP) is 4.92. The molecule has 0 unspecified atom stereocenters. The lowest BCUT2D eigenvalue weighted by Gasteiger charge is -2.40. The maximum atomic E-state index is 2.64. The number of para-hydroxylation sites is 2. The molecule has 2 aromatic carbocycles. The van der Waals surface area contributed by atoms with Crippen LogP contribution in [0, 0.1) is 5.92 Å². The first-order chi connectivity index (χ1) is 11.4. The lowest BCUT2D eigenvalue weighted by molar-refractivity contribution is 0.306. The molecule has 0 atom stereocenters. The van der Waals surface area contributed by atoms with E-state index in [4.69, 9.17) is 0 Å². The third-order valence-electron chi connectivity index (χ3n) is 5.47. The largest absolute Gasteiger partial charge is 0.349 e. The third-order valence-corrected chi connectivity index (χ3v) is 5.47. The van der Waals surface area contributed by atoms with Crippen molar-refractivity contribution >= 4 is 11.4 Å². The van der Waals surface area contributed by atoms with Crippen LogP contribution in [0.2, 0.25) is 0 Å². The Hall–Kier alpha value is -1.96. The minimum Gasteiger partial charge on any atom is -0.349 e. The summed E-state index contributed by atoms with van der Waals surface area (Å²) in [6.45, 7) is 2.25. The molecule has 2 fully saturated rings. The molecule has 2 heteroatoms. The van der Waals surface area contributed by atoms with E-state index in [1.807, 2.05) is 0 Å². The Kier molecular flexibility index (Phi) is 4.23. The highest BCUT2D eigenvalue weighted by molar-refractivity contribution is 5.57. The fourth-order valence-corrected chi connectivity index (χ4v) is 4.39. The van der Waals surface area contributed by atoms with Crippen molar-refractivity contribution in [2.75, 3.05) is 22.9 Å². The standard InChI is InChI=1S/C21H26N2/c1-4-10-18(11-5-1)21-22(19-12-6-2-7-13-19)16-17-23(21)20-14-8-3-9-15-20/h2-3,6-9,12-15,18,21H,1,4-5,10-11,16-17H2. The zero-order valence-electron chi connectivity index (χ0n) is 13.8. The fraction of sp³-hybridized carbons (Fsp3) is 0.429. The molecule has 23 heavy (non-hydrogen) atoms. The smallest absolute Gasteiger partial charge is 0.104 e. The summed E-state index contributed by atoms with van der Waals surface area (Å²) in [5, 5.41) is 0. The first-order valence-electron chi connectivity index (χ1n) is 9.07. The molecule has 2 aliphatic rings. The van der Waals surface area contributed by atoms with Gasteiger partial charge in [0.2, 0.25) is 0 Å². The van der Waals surface area contributed by atoms with Gasteiger partial charge >= 0.3 is 0 Å². The summed E-state index contributed by atoms with van der Waals surface area (Å²) in [6, 6.07) is 22.0. The molecule has 1 saturated carbocycles. The van der Waals surface area contributed by atoms with Crippen molar-refractivity contribution in [3.8, 4) is 0 Å². The van der Waals surface area contributed by atoms with E-state index in [-0.39, 0.29) is 0 Å². The summed E-state index contributed by atoms with van der Waals surface area (Å²) in [4.78, 5) is 5.28. The third kappa shape index (κ3) is 2.95. The van der Waals surface area contributed by atoms with Crippen LogP contribution in [0.3, 0.4) is 0 Å². The molecule has 0 spiro atoms. The van der Waals surface area contributed by atoms with Crippen LogP contribution in [-0.4, -0.2) is 19.3 Å². The normalized spacial score (nSPS) is 20.2. The molecule has 1 saturated heterocycles. The van der Waals surface area contributed by atoms with Crippen LogP contribution in [0.1, 0.15) is 32.1 Å². The molecule has 2 aromatic rings. The van der Waals surface area contributed by atoms with Crippen LogP contribution in [0.15, 0.2) is 60.7 Å². The lowest BCUT2D eigenvalue weighted by Crippen LogP contribution is -2.45. The number of benzene rings is 2. The Bertz CT molecular complexity index is 557. The lowest BCUT2D eigenvalue weighted by atomic mass is 9.86. The topological polar surface area (TPSA) is 6.48 Å². The molecule has 0 aromatic heterocycles. The van der Waals surface area contributed by atoms with E-state index in [2.05, 4.69) is 70.5 Å². The van der Waals surface area contributed by atoms with Crippen LogP contribution < -0.4 is 9.80 Å². The van der Waals surface area contributed by atoms with Crippen molar-refractivity contribution in [1.29, 1.82) is 0 Å². The van der Waals surface area contributed by atoms with E-state index in [9.17, 15) is 0 Å². The number of hydrogen-bond acceptors (Lipinski definition) is 2. The van der Waals surface area contributed by atoms with Gasteiger partial charge in [-0.05, 0) is 43.0 Å². The predicted molar refractivity (Wildman–Crippen MR) is 97.9 cm³/mol. The minimum atomic E-state index is 0.514. The number of nitrogens with zero attached hydrogens (tertiary/aromatic N) is 2. The van der Waals surface area contributed by atoms with Crippen molar-refractivity contribution in [3.05, 3.63) is 60.7 Å². The molecule has 0 radical (unpaired) electrons. The summed E-state index contributed by atoms with van der Waals surface area (Å²) < 4.78 is 0. The number of anilines is 2. The molecule has 1 heterocycles. The van der Waals surface area contributed by atoms with E-state index in [1.54, 1.807) is 0 Å². The van der Waals surface area contributed by atoms with Gasteiger partial charge in [0, 0.05) is 24.5 Å². The SMILES string of the molecule is c1ccc(N2CCN(c3ccccc3)C2C2CCCCC2)cc1. The van der Waals surface area contributed by atoms with Crippen molar-refractivity contribution in [2.45, 2.75) is 38.3 Å². The van der Waals surface area contributed by atoms with Gasteiger partial charge in [-0.1, -0.05) is 55.7 Å². The van der Waals surface area contributed by atoms with Gasteiger partial charge < -0.3 is 9.80 Å². The molecule has 4 rings (SSSR count). The average Bonchev–Trinajstić information content (AvgIpc) is 3.09. The van der Waals surface area contributed by atoms with Crippen molar-refractivity contribution in [1.82, 2.24) is 0 Å². The molecule has 1 aliphatic heterocycles. The Morgan fingerprint density at radius 1 is 0.609 bits per heavy atom.